The van der Waals surface area contributed by atoms with Crippen LogP contribution in [-0.2, 0) is 4.74 Å². The van der Waals surface area contributed by atoms with Gasteiger partial charge in [0.1, 0.15) is 5.65 Å². The van der Waals surface area contributed by atoms with E-state index in [2.05, 4.69) is 4.98 Å². The summed E-state index contributed by atoms with van der Waals surface area (Å²) in [6, 6.07) is 3.69. The molecule has 1 unspecified atom stereocenters. The molecule has 1 N–H and O–H groups in total. The number of nitrogens with zero attached hydrogens (tertiary/aromatic N) is 3. The van der Waals surface area contributed by atoms with E-state index in [-0.39, 0.29) is 11.5 Å². The van der Waals surface area contributed by atoms with Crippen molar-refractivity contribution >= 4 is 11.6 Å². The number of pyridine rings is 1. The summed E-state index contributed by atoms with van der Waals surface area (Å²) in [5.41, 5.74) is 0.582. The van der Waals surface area contributed by atoms with Crippen LogP contribution in [-0.4, -0.2) is 56.2 Å². The molecule has 4 rings (SSSR count). The lowest BCUT2D eigenvalue weighted by Gasteiger charge is -2.48. The van der Waals surface area contributed by atoms with Gasteiger partial charge < -0.3 is 19.1 Å². The van der Waals surface area contributed by atoms with Crippen LogP contribution in [0, 0.1) is 0 Å². The Labute approximate surface area is 141 Å². The lowest BCUT2D eigenvalue weighted by atomic mass is 9.78. The third-order valence-corrected chi connectivity index (χ3v) is 5.35. The topological polar surface area (TPSA) is 67.1 Å². The molecular weight excluding hydrogens is 306 g/mol. The third kappa shape index (κ3) is 2.80. The normalized spacial score (nSPS) is 26.8. The quantitative estimate of drug-likeness (QED) is 0.867. The maximum absolute atomic E-state index is 12.8. The SMILES string of the molecule is CC1(O)CCOC2(CCN(C(=O)c3ccc4nccn4c3)CC2)C1. The van der Waals surface area contributed by atoms with Crippen molar-refractivity contribution in [2.24, 2.45) is 0 Å². The van der Waals surface area contributed by atoms with Crippen molar-refractivity contribution in [1.29, 1.82) is 0 Å². The lowest BCUT2D eigenvalue weighted by Crippen LogP contribution is -2.54. The van der Waals surface area contributed by atoms with Gasteiger partial charge in [-0.2, -0.15) is 0 Å². The molecule has 2 aliphatic heterocycles. The molecule has 0 aliphatic carbocycles. The summed E-state index contributed by atoms with van der Waals surface area (Å²) in [6.45, 7) is 3.81. The molecule has 4 heterocycles. The Hall–Kier alpha value is -1.92. The van der Waals surface area contributed by atoms with Gasteiger partial charge in [-0.25, -0.2) is 4.98 Å². The monoisotopic (exact) mass is 329 g/mol. The summed E-state index contributed by atoms with van der Waals surface area (Å²) in [7, 11) is 0. The number of fused-ring (bicyclic) bond motifs is 1. The smallest absolute Gasteiger partial charge is 0.255 e. The number of amides is 1. The Morgan fingerprint density at radius 1 is 1.29 bits per heavy atom. The first-order valence-corrected chi connectivity index (χ1v) is 8.55. The number of aliphatic hydroxyl groups is 1. The van der Waals surface area contributed by atoms with E-state index >= 15 is 0 Å². The fraction of sp³-hybridized carbons (Fsp3) is 0.556. The molecule has 24 heavy (non-hydrogen) atoms. The van der Waals surface area contributed by atoms with Crippen molar-refractivity contribution < 1.29 is 14.6 Å². The average molecular weight is 329 g/mol. The first-order chi connectivity index (χ1) is 11.5. The van der Waals surface area contributed by atoms with E-state index in [0.717, 1.165) is 18.5 Å². The summed E-state index contributed by atoms with van der Waals surface area (Å²) in [5.74, 6) is 0.0445. The summed E-state index contributed by atoms with van der Waals surface area (Å²) in [6.07, 6.45) is 8.29. The largest absolute Gasteiger partial charge is 0.390 e. The first kappa shape index (κ1) is 15.6. The van der Waals surface area contributed by atoms with Gasteiger partial charge in [-0.05, 0) is 38.3 Å². The summed E-state index contributed by atoms with van der Waals surface area (Å²) < 4.78 is 7.87. The molecule has 0 radical (unpaired) electrons. The van der Waals surface area contributed by atoms with Crippen LogP contribution < -0.4 is 0 Å². The van der Waals surface area contributed by atoms with Gasteiger partial charge in [0.15, 0.2) is 0 Å². The molecule has 1 spiro atoms. The molecule has 1 atom stereocenters. The highest BCUT2D eigenvalue weighted by atomic mass is 16.5. The van der Waals surface area contributed by atoms with Crippen LogP contribution in [0.1, 0.15) is 43.0 Å². The molecule has 128 valence electrons. The molecule has 2 fully saturated rings. The zero-order valence-corrected chi connectivity index (χ0v) is 13.9. The van der Waals surface area contributed by atoms with E-state index in [1.807, 2.05) is 40.8 Å². The lowest BCUT2D eigenvalue weighted by molar-refractivity contribution is -0.170. The fourth-order valence-corrected chi connectivity index (χ4v) is 3.99. The van der Waals surface area contributed by atoms with Crippen LogP contribution in [0.3, 0.4) is 0 Å². The molecule has 2 aromatic heterocycles. The van der Waals surface area contributed by atoms with Crippen LogP contribution in [0.15, 0.2) is 30.7 Å². The summed E-state index contributed by atoms with van der Waals surface area (Å²) >= 11 is 0. The zero-order valence-electron chi connectivity index (χ0n) is 13.9. The van der Waals surface area contributed by atoms with Crippen LogP contribution in [0.5, 0.6) is 0 Å². The van der Waals surface area contributed by atoms with Crippen molar-refractivity contribution in [2.75, 3.05) is 19.7 Å². The van der Waals surface area contributed by atoms with Crippen molar-refractivity contribution in [2.45, 2.75) is 43.8 Å². The highest BCUT2D eigenvalue weighted by Gasteiger charge is 2.44. The van der Waals surface area contributed by atoms with E-state index < -0.39 is 5.60 Å². The Balaban J connectivity index is 1.46. The minimum absolute atomic E-state index is 0.0445. The fourth-order valence-electron chi connectivity index (χ4n) is 3.99. The van der Waals surface area contributed by atoms with Gasteiger partial charge in [-0.3, -0.25) is 4.79 Å². The third-order valence-electron chi connectivity index (χ3n) is 5.35. The van der Waals surface area contributed by atoms with Gasteiger partial charge in [0.2, 0.25) is 0 Å². The number of rotatable bonds is 1. The van der Waals surface area contributed by atoms with Gasteiger partial charge in [0, 0.05) is 38.1 Å². The molecule has 0 saturated carbocycles. The number of piperidine rings is 1. The van der Waals surface area contributed by atoms with E-state index in [1.165, 1.54) is 0 Å². The predicted octanol–water partition coefficient (Wildman–Crippen LogP) is 1.87. The molecule has 2 saturated heterocycles. The molecule has 2 aromatic rings. The number of aromatic nitrogens is 2. The Bertz CT molecular complexity index is 760. The molecule has 1 amide bonds. The summed E-state index contributed by atoms with van der Waals surface area (Å²) in [4.78, 5) is 18.9. The number of carbonyl (C=O) groups excluding carboxylic acids is 1. The Morgan fingerprint density at radius 3 is 2.83 bits per heavy atom. The van der Waals surface area contributed by atoms with Crippen LogP contribution in [0.2, 0.25) is 0 Å². The van der Waals surface area contributed by atoms with Gasteiger partial charge in [-0.1, -0.05) is 0 Å². The molecule has 2 aliphatic rings. The maximum atomic E-state index is 12.8. The van der Waals surface area contributed by atoms with Gasteiger partial charge in [0.25, 0.3) is 5.91 Å². The number of likely N-dealkylation sites (tertiary alicyclic amines) is 1. The van der Waals surface area contributed by atoms with Gasteiger partial charge in [-0.15, -0.1) is 0 Å². The number of hydrogen-bond donors (Lipinski definition) is 1. The molecular formula is C18H23N3O3. The second kappa shape index (κ2) is 5.57. The average Bonchev–Trinajstić information content (AvgIpc) is 3.01. The van der Waals surface area contributed by atoms with E-state index in [4.69, 9.17) is 4.74 Å². The van der Waals surface area contributed by atoms with E-state index in [1.54, 1.807) is 6.20 Å². The Kier molecular flexibility index (Phi) is 3.62. The maximum Gasteiger partial charge on any atom is 0.255 e. The number of hydrogen-bond acceptors (Lipinski definition) is 4. The van der Waals surface area contributed by atoms with Crippen LogP contribution >= 0.6 is 0 Å². The minimum Gasteiger partial charge on any atom is -0.390 e. The van der Waals surface area contributed by atoms with E-state index in [0.29, 0.717) is 38.1 Å². The predicted molar refractivity (Wildman–Crippen MR) is 88.9 cm³/mol. The van der Waals surface area contributed by atoms with Crippen molar-refractivity contribution in [1.82, 2.24) is 14.3 Å². The Morgan fingerprint density at radius 2 is 2.08 bits per heavy atom. The van der Waals surface area contributed by atoms with E-state index in [9.17, 15) is 9.90 Å². The summed E-state index contributed by atoms with van der Waals surface area (Å²) in [5, 5.41) is 10.4. The molecule has 0 bridgehead atoms. The first-order valence-electron chi connectivity index (χ1n) is 8.55. The van der Waals surface area contributed by atoms with Crippen molar-refractivity contribution in [3.05, 3.63) is 36.3 Å². The molecule has 6 heteroatoms. The number of ether oxygens (including phenoxy) is 1. The highest BCUT2D eigenvalue weighted by Crippen LogP contribution is 2.39. The van der Waals surface area contributed by atoms with Crippen molar-refractivity contribution in [3.63, 3.8) is 0 Å². The standard InChI is InChI=1S/C18H23N3O3/c1-17(23)6-11-24-18(13-17)4-8-20(9-5-18)16(22)14-2-3-15-19-7-10-21(15)12-14/h2-3,7,10,12,23H,4-6,8-9,11,13H2,1H3. The molecule has 0 aromatic carbocycles. The zero-order chi connectivity index (χ0) is 16.8. The molecule has 6 nitrogen and oxygen atoms in total. The number of imidazole rings is 1. The second-order valence-electron chi connectivity index (χ2n) is 7.36. The second-order valence-corrected chi connectivity index (χ2v) is 7.36. The van der Waals surface area contributed by atoms with Gasteiger partial charge >= 0.3 is 0 Å². The van der Waals surface area contributed by atoms with Crippen molar-refractivity contribution in [3.8, 4) is 0 Å². The van der Waals surface area contributed by atoms with Gasteiger partial charge in [0.05, 0.1) is 23.4 Å². The highest BCUT2D eigenvalue weighted by molar-refractivity contribution is 5.94. The van der Waals surface area contributed by atoms with Crippen LogP contribution in [0.25, 0.3) is 5.65 Å². The minimum atomic E-state index is -0.656. The van der Waals surface area contributed by atoms with Crippen LogP contribution in [0.4, 0.5) is 0 Å². The number of carbonyl (C=O) groups is 1.